The summed E-state index contributed by atoms with van der Waals surface area (Å²) in [5.74, 6) is -0.610. The van der Waals surface area contributed by atoms with Crippen molar-refractivity contribution in [3.05, 3.63) is 35.1 Å². The summed E-state index contributed by atoms with van der Waals surface area (Å²) in [5, 5.41) is 0. The third-order valence-electron chi connectivity index (χ3n) is 2.29. The number of nitrogens with zero attached hydrogens (tertiary/aromatic N) is 1. The molecule has 0 radical (unpaired) electrons. The molecule has 1 aromatic carbocycles. The lowest BCUT2D eigenvalue weighted by Gasteiger charge is -2.14. The molecule has 0 aromatic heterocycles. The molecule has 0 saturated carbocycles. The highest BCUT2D eigenvalue weighted by Gasteiger charge is 2.17. The summed E-state index contributed by atoms with van der Waals surface area (Å²) in [5.41, 5.74) is 0.730. The molecule has 82 valence electrons. The zero-order chi connectivity index (χ0) is 11.6. The molecular formula is C12H16FNO. The second kappa shape index (κ2) is 4.43. The van der Waals surface area contributed by atoms with Gasteiger partial charge in [0.2, 0.25) is 0 Å². The standard InChI is InChI=1S/C12H16FNO/c1-8(2)9-6-5-7-10(11(9)13)12(15)14(3)4/h5-8H,1-4H3. The van der Waals surface area contributed by atoms with Gasteiger partial charge in [-0.25, -0.2) is 4.39 Å². The Morgan fingerprint density at radius 2 is 1.93 bits per heavy atom. The lowest BCUT2D eigenvalue weighted by molar-refractivity contribution is 0.0823. The van der Waals surface area contributed by atoms with Crippen LogP contribution in [0.5, 0.6) is 0 Å². The third-order valence-corrected chi connectivity index (χ3v) is 2.29. The summed E-state index contributed by atoms with van der Waals surface area (Å²) in [7, 11) is 3.23. The van der Waals surface area contributed by atoms with Crippen molar-refractivity contribution in [1.29, 1.82) is 0 Å². The Bertz CT molecular complexity index is 372. The molecule has 0 aliphatic rings. The number of hydrogen-bond donors (Lipinski definition) is 0. The predicted molar refractivity (Wildman–Crippen MR) is 58.5 cm³/mol. The average Bonchev–Trinajstić information content (AvgIpc) is 2.16. The maximum absolute atomic E-state index is 13.9. The van der Waals surface area contributed by atoms with Crippen LogP contribution in [0.1, 0.15) is 35.7 Å². The highest BCUT2D eigenvalue weighted by molar-refractivity contribution is 5.94. The van der Waals surface area contributed by atoms with Crippen molar-refractivity contribution in [3.8, 4) is 0 Å². The smallest absolute Gasteiger partial charge is 0.256 e. The van der Waals surface area contributed by atoms with E-state index in [0.29, 0.717) is 5.56 Å². The Morgan fingerprint density at radius 3 is 2.40 bits per heavy atom. The molecule has 0 aliphatic heterocycles. The first-order chi connectivity index (χ1) is 6.95. The Labute approximate surface area is 89.7 Å². The lowest BCUT2D eigenvalue weighted by Crippen LogP contribution is -2.23. The number of carbonyl (C=O) groups excluding carboxylic acids is 1. The van der Waals surface area contributed by atoms with E-state index < -0.39 is 5.82 Å². The van der Waals surface area contributed by atoms with Crippen molar-refractivity contribution in [2.45, 2.75) is 19.8 Å². The maximum Gasteiger partial charge on any atom is 0.256 e. The molecular weight excluding hydrogens is 193 g/mol. The number of carbonyl (C=O) groups is 1. The number of amides is 1. The normalized spacial score (nSPS) is 10.5. The van der Waals surface area contributed by atoms with Crippen molar-refractivity contribution in [2.75, 3.05) is 14.1 Å². The molecule has 0 N–H and O–H groups in total. The largest absolute Gasteiger partial charge is 0.345 e. The second-order valence-electron chi connectivity index (χ2n) is 4.06. The molecule has 1 aromatic rings. The fourth-order valence-corrected chi connectivity index (χ4v) is 1.40. The minimum absolute atomic E-state index is 0.0833. The van der Waals surface area contributed by atoms with E-state index in [0.717, 1.165) is 0 Å². The van der Waals surface area contributed by atoms with Gasteiger partial charge in [-0.3, -0.25) is 4.79 Å². The highest BCUT2D eigenvalue weighted by atomic mass is 19.1. The van der Waals surface area contributed by atoms with Crippen LogP contribution in [-0.2, 0) is 0 Å². The van der Waals surface area contributed by atoms with Crippen molar-refractivity contribution < 1.29 is 9.18 Å². The Kier molecular flexibility index (Phi) is 3.45. The Balaban J connectivity index is 3.21. The van der Waals surface area contributed by atoms with Gasteiger partial charge in [0.05, 0.1) is 5.56 Å². The minimum atomic E-state index is -0.397. The number of rotatable bonds is 2. The molecule has 1 amide bonds. The zero-order valence-electron chi connectivity index (χ0n) is 9.54. The van der Waals surface area contributed by atoms with Gasteiger partial charge in [0.1, 0.15) is 5.82 Å². The number of hydrogen-bond acceptors (Lipinski definition) is 1. The van der Waals surface area contributed by atoms with Crippen LogP contribution in [0.2, 0.25) is 0 Å². The van der Waals surface area contributed by atoms with E-state index in [4.69, 9.17) is 0 Å². The number of halogens is 1. The molecule has 0 bridgehead atoms. The van der Waals surface area contributed by atoms with Crippen molar-refractivity contribution in [1.82, 2.24) is 4.90 Å². The molecule has 2 nitrogen and oxygen atoms in total. The van der Waals surface area contributed by atoms with E-state index in [-0.39, 0.29) is 17.4 Å². The van der Waals surface area contributed by atoms with Crippen LogP contribution in [0, 0.1) is 5.82 Å². The van der Waals surface area contributed by atoms with Gasteiger partial charge >= 0.3 is 0 Å². The topological polar surface area (TPSA) is 20.3 Å². The van der Waals surface area contributed by atoms with Crippen LogP contribution < -0.4 is 0 Å². The van der Waals surface area contributed by atoms with Crippen molar-refractivity contribution >= 4 is 5.91 Å². The third kappa shape index (κ3) is 2.35. The van der Waals surface area contributed by atoms with E-state index in [1.807, 2.05) is 13.8 Å². The summed E-state index contributed by atoms with van der Waals surface area (Å²) in [6.07, 6.45) is 0. The molecule has 0 spiro atoms. The van der Waals surface area contributed by atoms with E-state index in [2.05, 4.69) is 0 Å². The summed E-state index contributed by atoms with van der Waals surface area (Å²) in [6, 6.07) is 4.95. The molecule has 0 saturated heterocycles. The van der Waals surface area contributed by atoms with Crippen LogP contribution >= 0.6 is 0 Å². The van der Waals surface area contributed by atoms with E-state index in [9.17, 15) is 9.18 Å². The summed E-state index contributed by atoms with van der Waals surface area (Å²) in [6.45, 7) is 3.81. The fraction of sp³-hybridized carbons (Fsp3) is 0.417. The van der Waals surface area contributed by atoms with Crippen molar-refractivity contribution in [2.24, 2.45) is 0 Å². The Hall–Kier alpha value is -1.38. The molecule has 0 heterocycles. The van der Waals surface area contributed by atoms with Gasteiger partial charge in [0.25, 0.3) is 5.91 Å². The minimum Gasteiger partial charge on any atom is -0.345 e. The average molecular weight is 209 g/mol. The zero-order valence-corrected chi connectivity index (χ0v) is 9.54. The van der Waals surface area contributed by atoms with E-state index in [1.165, 1.54) is 11.0 Å². The summed E-state index contributed by atoms with van der Waals surface area (Å²) >= 11 is 0. The monoisotopic (exact) mass is 209 g/mol. The quantitative estimate of drug-likeness (QED) is 0.733. The van der Waals surface area contributed by atoms with Gasteiger partial charge in [-0.15, -0.1) is 0 Å². The molecule has 1 rings (SSSR count). The molecule has 3 heteroatoms. The van der Waals surface area contributed by atoms with Crippen LogP contribution in [0.25, 0.3) is 0 Å². The van der Waals surface area contributed by atoms with Crippen LogP contribution in [0.3, 0.4) is 0 Å². The van der Waals surface area contributed by atoms with Crippen LogP contribution in [-0.4, -0.2) is 24.9 Å². The predicted octanol–water partition coefficient (Wildman–Crippen LogP) is 2.65. The summed E-state index contributed by atoms with van der Waals surface area (Å²) < 4.78 is 13.9. The maximum atomic E-state index is 13.9. The molecule has 0 aliphatic carbocycles. The fourth-order valence-electron chi connectivity index (χ4n) is 1.40. The van der Waals surface area contributed by atoms with Gasteiger partial charge in [-0.05, 0) is 17.5 Å². The highest BCUT2D eigenvalue weighted by Crippen LogP contribution is 2.21. The van der Waals surface area contributed by atoms with Gasteiger partial charge in [-0.2, -0.15) is 0 Å². The first-order valence-corrected chi connectivity index (χ1v) is 4.95. The Morgan fingerprint density at radius 1 is 1.33 bits per heavy atom. The molecule has 0 atom stereocenters. The van der Waals surface area contributed by atoms with Crippen LogP contribution in [0.4, 0.5) is 4.39 Å². The van der Waals surface area contributed by atoms with Crippen molar-refractivity contribution in [3.63, 3.8) is 0 Å². The molecule has 15 heavy (non-hydrogen) atoms. The first kappa shape index (κ1) is 11.7. The van der Waals surface area contributed by atoms with Gasteiger partial charge in [0.15, 0.2) is 0 Å². The number of benzene rings is 1. The van der Waals surface area contributed by atoms with E-state index in [1.54, 1.807) is 26.2 Å². The second-order valence-corrected chi connectivity index (χ2v) is 4.06. The molecule has 0 unspecified atom stereocenters. The molecule has 0 fully saturated rings. The van der Waals surface area contributed by atoms with E-state index >= 15 is 0 Å². The summed E-state index contributed by atoms with van der Waals surface area (Å²) in [4.78, 5) is 13.0. The SMILES string of the molecule is CC(C)c1cccc(C(=O)N(C)C)c1F. The van der Waals surface area contributed by atoms with Crippen LogP contribution in [0.15, 0.2) is 18.2 Å². The van der Waals surface area contributed by atoms with Gasteiger partial charge in [-0.1, -0.05) is 26.0 Å². The lowest BCUT2D eigenvalue weighted by atomic mass is 9.99. The van der Waals surface area contributed by atoms with Gasteiger partial charge in [0, 0.05) is 14.1 Å². The first-order valence-electron chi connectivity index (χ1n) is 4.95. The van der Waals surface area contributed by atoms with Gasteiger partial charge < -0.3 is 4.90 Å².